The third-order valence-corrected chi connectivity index (χ3v) is 6.09. The van der Waals surface area contributed by atoms with Gasteiger partial charge in [0.25, 0.3) is 0 Å². The van der Waals surface area contributed by atoms with Crippen LogP contribution in [0.2, 0.25) is 0 Å². The molecule has 3 rings (SSSR count). The van der Waals surface area contributed by atoms with Crippen LogP contribution < -0.4 is 0 Å². The molecule has 0 aliphatic rings. The molecular weight excluding hydrogens is 342 g/mol. The molecule has 19 heavy (non-hydrogen) atoms. The fourth-order valence-corrected chi connectivity index (χ4v) is 4.67. The molecule has 2 heterocycles. The van der Waals surface area contributed by atoms with E-state index in [4.69, 9.17) is 0 Å². The summed E-state index contributed by atoms with van der Waals surface area (Å²) >= 11 is 7.09. The number of rotatable bonds is 3. The molecular formula is C13H12BrN3S2. The number of hydrogen-bond acceptors (Lipinski definition) is 4. The SMILES string of the molecule is Cc1nn(C)c(CSc2nc3ccccc3s2)c1Br. The summed E-state index contributed by atoms with van der Waals surface area (Å²) in [6.07, 6.45) is 0. The van der Waals surface area contributed by atoms with Gasteiger partial charge in [0.2, 0.25) is 0 Å². The van der Waals surface area contributed by atoms with Crippen LogP contribution in [0.3, 0.4) is 0 Å². The summed E-state index contributed by atoms with van der Waals surface area (Å²) < 4.78 is 5.38. The van der Waals surface area contributed by atoms with Crippen molar-refractivity contribution >= 4 is 49.2 Å². The third-order valence-electron chi connectivity index (χ3n) is 2.87. The lowest BCUT2D eigenvalue weighted by atomic mass is 10.3. The highest BCUT2D eigenvalue weighted by atomic mass is 79.9. The molecule has 3 aromatic rings. The van der Waals surface area contributed by atoms with Gasteiger partial charge in [-0.25, -0.2) is 4.98 Å². The van der Waals surface area contributed by atoms with E-state index in [0.717, 1.165) is 25.8 Å². The maximum absolute atomic E-state index is 4.63. The first-order chi connectivity index (χ1) is 9.15. The Morgan fingerprint density at radius 3 is 2.84 bits per heavy atom. The minimum Gasteiger partial charge on any atom is -0.270 e. The molecule has 0 atom stereocenters. The highest BCUT2D eigenvalue weighted by Gasteiger charge is 2.12. The van der Waals surface area contributed by atoms with Gasteiger partial charge in [0.15, 0.2) is 4.34 Å². The number of aryl methyl sites for hydroxylation is 2. The van der Waals surface area contributed by atoms with Gasteiger partial charge in [0.1, 0.15) is 0 Å². The van der Waals surface area contributed by atoms with E-state index in [2.05, 4.69) is 44.2 Å². The summed E-state index contributed by atoms with van der Waals surface area (Å²) in [4.78, 5) is 4.63. The molecule has 1 aromatic carbocycles. The van der Waals surface area contributed by atoms with E-state index in [9.17, 15) is 0 Å². The topological polar surface area (TPSA) is 30.7 Å². The van der Waals surface area contributed by atoms with E-state index in [1.165, 1.54) is 10.4 Å². The Labute approximate surface area is 128 Å². The predicted octanol–water partition coefficient (Wildman–Crippen LogP) is 4.39. The maximum atomic E-state index is 4.63. The van der Waals surface area contributed by atoms with Crippen molar-refractivity contribution in [1.82, 2.24) is 14.8 Å². The molecule has 0 amide bonds. The van der Waals surface area contributed by atoms with Gasteiger partial charge in [-0.2, -0.15) is 5.10 Å². The third kappa shape index (κ3) is 2.57. The zero-order valence-electron chi connectivity index (χ0n) is 10.6. The number of nitrogens with zero attached hydrogens (tertiary/aromatic N) is 3. The summed E-state index contributed by atoms with van der Waals surface area (Å²) in [5.41, 5.74) is 3.31. The standard InChI is InChI=1S/C13H12BrN3S2/c1-8-12(14)10(17(2)16-8)7-18-13-15-9-5-3-4-6-11(9)19-13/h3-6H,7H2,1-2H3. The molecule has 0 saturated heterocycles. The molecule has 0 N–H and O–H groups in total. The average Bonchev–Trinajstić information content (AvgIpc) is 2.90. The van der Waals surface area contributed by atoms with Crippen LogP contribution in [0.4, 0.5) is 0 Å². The van der Waals surface area contributed by atoms with Crippen molar-refractivity contribution in [2.75, 3.05) is 0 Å². The summed E-state index contributed by atoms with van der Waals surface area (Å²) in [5, 5.41) is 4.41. The lowest BCUT2D eigenvalue weighted by molar-refractivity contribution is 0.727. The van der Waals surface area contributed by atoms with Gasteiger partial charge in [-0.3, -0.25) is 4.68 Å². The fourth-order valence-electron chi connectivity index (χ4n) is 1.88. The van der Waals surface area contributed by atoms with Crippen molar-refractivity contribution in [3.05, 3.63) is 40.1 Å². The zero-order valence-corrected chi connectivity index (χ0v) is 13.8. The Bertz CT molecular complexity index is 700. The van der Waals surface area contributed by atoms with Gasteiger partial charge >= 0.3 is 0 Å². The van der Waals surface area contributed by atoms with Crippen LogP contribution in [0.15, 0.2) is 33.1 Å². The highest BCUT2D eigenvalue weighted by molar-refractivity contribution is 9.10. The Morgan fingerprint density at radius 2 is 2.16 bits per heavy atom. The maximum Gasteiger partial charge on any atom is 0.151 e. The second-order valence-electron chi connectivity index (χ2n) is 4.21. The van der Waals surface area contributed by atoms with E-state index in [1.54, 1.807) is 23.1 Å². The number of thiazole rings is 1. The van der Waals surface area contributed by atoms with Crippen molar-refractivity contribution < 1.29 is 0 Å². The fraction of sp³-hybridized carbons (Fsp3) is 0.231. The van der Waals surface area contributed by atoms with E-state index >= 15 is 0 Å². The molecule has 98 valence electrons. The first-order valence-corrected chi connectivity index (χ1v) is 8.41. The zero-order chi connectivity index (χ0) is 13.4. The molecule has 0 unspecified atom stereocenters. The van der Waals surface area contributed by atoms with Crippen molar-refractivity contribution in [3.63, 3.8) is 0 Å². The van der Waals surface area contributed by atoms with Gasteiger partial charge in [0.05, 0.1) is 26.1 Å². The number of fused-ring (bicyclic) bond motifs is 1. The van der Waals surface area contributed by atoms with Crippen LogP contribution in [0.1, 0.15) is 11.4 Å². The molecule has 0 fully saturated rings. The summed E-state index contributed by atoms with van der Waals surface area (Å²) in [5.74, 6) is 0.873. The van der Waals surface area contributed by atoms with Crippen LogP contribution in [0.5, 0.6) is 0 Å². The molecule has 0 aliphatic heterocycles. The predicted molar refractivity (Wildman–Crippen MR) is 84.8 cm³/mol. The Morgan fingerprint density at radius 1 is 1.37 bits per heavy atom. The van der Waals surface area contributed by atoms with Crippen molar-refractivity contribution in [3.8, 4) is 0 Å². The molecule has 0 bridgehead atoms. The number of para-hydroxylation sites is 1. The Balaban J connectivity index is 1.82. The lowest BCUT2D eigenvalue weighted by Crippen LogP contribution is -1.96. The number of halogens is 1. The number of benzene rings is 1. The molecule has 3 nitrogen and oxygen atoms in total. The Kier molecular flexibility index (Phi) is 3.64. The normalized spacial score (nSPS) is 11.3. The molecule has 2 aromatic heterocycles. The average molecular weight is 354 g/mol. The largest absolute Gasteiger partial charge is 0.270 e. The minimum absolute atomic E-state index is 0.873. The molecule has 0 saturated carbocycles. The van der Waals surface area contributed by atoms with Crippen molar-refractivity contribution in [1.29, 1.82) is 0 Å². The molecule has 6 heteroatoms. The van der Waals surface area contributed by atoms with Crippen molar-refractivity contribution in [2.45, 2.75) is 17.0 Å². The number of hydrogen-bond donors (Lipinski definition) is 0. The number of aromatic nitrogens is 3. The summed E-state index contributed by atoms with van der Waals surface area (Å²) in [6.45, 7) is 2.01. The van der Waals surface area contributed by atoms with Crippen molar-refractivity contribution in [2.24, 2.45) is 7.05 Å². The van der Waals surface area contributed by atoms with Gasteiger partial charge in [0, 0.05) is 12.8 Å². The second kappa shape index (κ2) is 5.26. The van der Waals surface area contributed by atoms with Crippen LogP contribution >= 0.6 is 39.0 Å². The number of thioether (sulfide) groups is 1. The molecule has 0 radical (unpaired) electrons. The van der Waals surface area contributed by atoms with Crippen LogP contribution in [-0.4, -0.2) is 14.8 Å². The van der Waals surface area contributed by atoms with Gasteiger partial charge in [-0.05, 0) is 35.0 Å². The first-order valence-electron chi connectivity index (χ1n) is 5.81. The van der Waals surface area contributed by atoms with Crippen LogP contribution in [0.25, 0.3) is 10.2 Å². The van der Waals surface area contributed by atoms with Crippen LogP contribution in [-0.2, 0) is 12.8 Å². The van der Waals surface area contributed by atoms with E-state index in [1.807, 2.05) is 24.7 Å². The molecule has 0 spiro atoms. The summed E-state index contributed by atoms with van der Waals surface area (Å²) in [7, 11) is 1.98. The highest BCUT2D eigenvalue weighted by Crippen LogP contribution is 2.33. The minimum atomic E-state index is 0.873. The quantitative estimate of drug-likeness (QED) is 0.654. The monoisotopic (exact) mass is 353 g/mol. The van der Waals surface area contributed by atoms with Crippen LogP contribution in [0, 0.1) is 6.92 Å². The Hall–Kier alpha value is -0.850. The van der Waals surface area contributed by atoms with E-state index in [0.29, 0.717) is 0 Å². The lowest BCUT2D eigenvalue weighted by Gasteiger charge is -2.00. The van der Waals surface area contributed by atoms with Gasteiger partial charge in [-0.1, -0.05) is 23.9 Å². The van der Waals surface area contributed by atoms with Gasteiger partial charge < -0.3 is 0 Å². The van der Waals surface area contributed by atoms with E-state index in [-0.39, 0.29) is 0 Å². The first kappa shape index (κ1) is 13.1. The molecule has 0 aliphatic carbocycles. The summed E-state index contributed by atoms with van der Waals surface area (Å²) in [6, 6.07) is 8.24. The van der Waals surface area contributed by atoms with E-state index < -0.39 is 0 Å². The smallest absolute Gasteiger partial charge is 0.151 e. The van der Waals surface area contributed by atoms with Gasteiger partial charge in [-0.15, -0.1) is 11.3 Å². The second-order valence-corrected chi connectivity index (χ2v) is 7.25.